The first-order chi connectivity index (χ1) is 5.09. The molecular formula is C6H12INO3. The Balaban J connectivity index is 3.63. The Morgan fingerprint density at radius 1 is 1.73 bits per heavy atom. The molecule has 0 bridgehead atoms. The quantitative estimate of drug-likeness (QED) is 0.272. The predicted molar refractivity (Wildman–Crippen MR) is 50.3 cm³/mol. The van der Waals surface area contributed by atoms with Gasteiger partial charge in [-0.2, -0.15) is 0 Å². The monoisotopic (exact) mass is 273 g/mol. The molecule has 2 atom stereocenters. The zero-order valence-electron chi connectivity index (χ0n) is 6.36. The Kier molecular flexibility index (Phi) is 5.75. The highest BCUT2D eigenvalue weighted by atomic mass is 127. The van der Waals surface area contributed by atoms with E-state index in [1.54, 1.807) is 22.6 Å². The summed E-state index contributed by atoms with van der Waals surface area (Å²) in [5.74, 6) is 0. The Hall–Kier alpha value is 0.0900. The summed E-state index contributed by atoms with van der Waals surface area (Å²) in [4.78, 5) is 9.68. The normalized spacial score (nSPS) is 15.9. The van der Waals surface area contributed by atoms with E-state index < -0.39 is 15.1 Å². The van der Waals surface area contributed by atoms with Crippen LogP contribution < -0.4 is 0 Å². The molecule has 0 aromatic heterocycles. The van der Waals surface area contributed by atoms with E-state index in [9.17, 15) is 15.2 Å². The number of nitrogens with zero attached hydrogens (tertiary/aromatic N) is 1. The van der Waals surface area contributed by atoms with E-state index in [4.69, 9.17) is 0 Å². The van der Waals surface area contributed by atoms with Gasteiger partial charge in [-0.3, -0.25) is 10.1 Å². The third kappa shape index (κ3) is 4.52. The summed E-state index contributed by atoms with van der Waals surface area (Å²) in [6.07, 6.45) is 1.52. The zero-order chi connectivity index (χ0) is 8.85. The zero-order valence-corrected chi connectivity index (χ0v) is 8.52. The average molecular weight is 273 g/mol. The van der Waals surface area contributed by atoms with Crippen LogP contribution in [0.15, 0.2) is 0 Å². The number of halogens is 1. The molecule has 0 saturated heterocycles. The van der Waals surface area contributed by atoms with Crippen molar-refractivity contribution < 1.29 is 10.0 Å². The SMILES string of the molecule is CCCCC(O)C(I)[N+](=O)[O-]. The van der Waals surface area contributed by atoms with Crippen LogP contribution in [0.5, 0.6) is 0 Å². The molecule has 11 heavy (non-hydrogen) atoms. The highest BCUT2D eigenvalue weighted by molar-refractivity contribution is 14.1. The standard InChI is InChI=1S/C6H12INO3/c1-2-3-4-5(9)6(7)8(10)11/h5-6,9H,2-4H2,1H3. The second-order valence-corrected chi connectivity index (χ2v) is 3.64. The first-order valence-corrected chi connectivity index (χ1v) is 4.79. The fourth-order valence-electron chi connectivity index (χ4n) is 0.691. The van der Waals surface area contributed by atoms with Crippen molar-refractivity contribution in [3.63, 3.8) is 0 Å². The van der Waals surface area contributed by atoms with Crippen LogP contribution in [0.25, 0.3) is 0 Å². The number of nitro groups is 1. The highest BCUT2D eigenvalue weighted by Crippen LogP contribution is 2.12. The van der Waals surface area contributed by atoms with Crippen molar-refractivity contribution >= 4 is 22.6 Å². The summed E-state index contributed by atoms with van der Waals surface area (Å²) in [5, 5.41) is 19.3. The number of rotatable bonds is 5. The Morgan fingerprint density at radius 2 is 2.27 bits per heavy atom. The van der Waals surface area contributed by atoms with Crippen LogP contribution in [0.4, 0.5) is 0 Å². The van der Waals surface area contributed by atoms with Gasteiger partial charge in [0.15, 0.2) is 0 Å². The molecule has 0 aliphatic rings. The van der Waals surface area contributed by atoms with Gasteiger partial charge >= 0.3 is 0 Å². The second-order valence-electron chi connectivity index (χ2n) is 2.37. The molecule has 0 radical (unpaired) electrons. The van der Waals surface area contributed by atoms with E-state index in [0.717, 1.165) is 12.8 Å². The molecule has 1 N–H and O–H groups in total. The molecule has 0 aliphatic heterocycles. The lowest BCUT2D eigenvalue weighted by atomic mass is 10.2. The van der Waals surface area contributed by atoms with Crippen LogP contribution in [0.1, 0.15) is 26.2 Å². The molecule has 0 saturated carbocycles. The van der Waals surface area contributed by atoms with Crippen LogP contribution in [0.3, 0.4) is 0 Å². The van der Waals surface area contributed by atoms with Crippen molar-refractivity contribution in [3.05, 3.63) is 10.1 Å². The van der Waals surface area contributed by atoms with Crippen molar-refractivity contribution in [1.82, 2.24) is 0 Å². The number of alkyl halides is 1. The fourth-order valence-corrected chi connectivity index (χ4v) is 1.05. The Morgan fingerprint density at radius 3 is 2.64 bits per heavy atom. The number of aliphatic hydroxyl groups excluding tert-OH is 1. The van der Waals surface area contributed by atoms with Crippen LogP contribution in [0, 0.1) is 10.1 Å². The van der Waals surface area contributed by atoms with Gasteiger partial charge in [0.1, 0.15) is 6.10 Å². The van der Waals surface area contributed by atoms with Crippen molar-refractivity contribution in [1.29, 1.82) is 0 Å². The first kappa shape index (κ1) is 11.1. The molecule has 0 aromatic rings. The molecular weight excluding hydrogens is 261 g/mol. The van der Waals surface area contributed by atoms with Gasteiger partial charge in [0.25, 0.3) is 4.05 Å². The van der Waals surface area contributed by atoms with Crippen LogP contribution >= 0.6 is 22.6 Å². The number of unbranched alkanes of at least 4 members (excludes halogenated alkanes) is 1. The average Bonchev–Trinajstić information content (AvgIpc) is 1.98. The summed E-state index contributed by atoms with van der Waals surface area (Å²) < 4.78 is -0.862. The van der Waals surface area contributed by atoms with Gasteiger partial charge < -0.3 is 5.11 Å². The smallest absolute Gasteiger partial charge is 0.286 e. The molecule has 5 heteroatoms. The molecule has 0 heterocycles. The molecule has 0 rings (SSSR count). The first-order valence-electron chi connectivity index (χ1n) is 3.55. The van der Waals surface area contributed by atoms with Gasteiger partial charge in [-0.05, 0) is 6.42 Å². The van der Waals surface area contributed by atoms with E-state index in [1.807, 2.05) is 6.92 Å². The van der Waals surface area contributed by atoms with Crippen molar-refractivity contribution in [2.24, 2.45) is 0 Å². The van der Waals surface area contributed by atoms with E-state index in [1.165, 1.54) is 0 Å². The van der Waals surface area contributed by atoms with Gasteiger partial charge in [-0.15, -0.1) is 0 Å². The summed E-state index contributed by atoms with van der Waals surface area (Å²) in [7, 11) is 0. The number of hydrogen-bond acceptors (Lipinski definition) is 3. The summed E-state index contributed by atoms with van der Waals surface area (Å²) in [6.45, 7) is 1.99. The topological polar surface area (TPSA) is 63.4 Å². The minimum absolute atomic E-state index is 0.457. The molecule has 0 spiro atoms. The molecule has 0 amide bonds. The molecule has 0 fully saturated rings. The van der Waals surface area contributed by atoms with Crippen molar-refractivity contribution in [2.75, 3.05) is 0 Å². The molecule has 0 aliphatic carbocycles. The maximum atomic E-state index is 10.1. The minimum Gasteiger partial charge on any atom is -0.385 e. The lowest BCUT2D eigenvalue weighted by molar-refractivity contribution is -0.500. The molecule has 0 aromatic carbocycles. The molecule has 2 unspecified atom stereocenters. The van der Waals surface area contributed by atoms with E-state index in [-0.39, 0.29) is 0 Å². The number of aliphatic hydroxyl groups is 1. The van der Waals surface area contributed by atoms with Gasteiger partial charge in [-0.25, -0.2) is 0 Å². The molecule has 66 valence electrons. The lowest BCUT2D eigenvalue weighted by Gasteiger charge is -2.09. The van der Waals surface area contributed by atoms with Gasteiger partial charge in [0.2, 0.25) is 0 Å². The Bertz CT molecular complexity index is 131. The summed E-state index contributed by atoms with van der Waals surface area (Å²) in [6, 6.07) is 0. The minimum atomic E-state index is -0.862. The third-order valence-electron chi connectivity index (χ3n) is 1.37. The lowest BCUT2D eigenvalue weighted by Crippen LogP contribution is -2.27. The van der Waals surface area contributed by atoms with E-state index >= 15 is 0 Å². The maximum Gasteiger partial charge on any atom is 0.286 e. The summed E-state index contributed by atoms with van der Waals surface area (Å²) in [5.41, 5.74) is 0. The van der Waals surface area contributed by atoms with Gasteiger partial charge in [-0.1, -0.05) is 19.8 Å². The largest absolute Gasteiger partial charge is 0.385 e. The van der Waals surface area contributed by atoms with Crippen molar-refractivity contribution in [3.8, 4) is 0 Å². The van der Waals surface area contributed by atoms with Gasteiger partial charge in [0.05, 0.1) is 0 Å². The van der Waals surface area contributed by atoms with E-state index in [0.29, 0.717) is 6.42 Å². The van der Waals surface area contributed by atoms with Crippen LogP contribution in [-0.4, -0.2) is 20.2 Å². The molecule has 4 nitrogen and oxygen atoms in total. The number of hydrogen-bond donors (Lipinski definition) is 1. The second kappa shape index (κ2) is 5.70. The van der Waals surface area contributed by atoms with E-state index in [2.05, 4.69) is 0 Å². The highest BCUT2D eigenvalue weighted by Gasteiger charge is 2.24. The van der Waals surface area contributed by atoms with Crippen LogP contribution in [-0.2, 0) is 0 Å². The summed E-state index contributed by atoms with van der Waals surface area (Å²) >= 11 is 1.65. The van der Waals surface area contributed by atoms with Gasteiger partial charge in [0, 0.05) is 27.5 Å². The van der Waals surface area contributed by atoms with Crippen molar-refractivity contribution in [2.45, 2.75) is 36.3 Å². The van der Waals surface area contributed by atoms with Crippen LogP contribution in [0.2, 0.25) is 0 Å². The Labute approximate surface area is 79.3 Å². The fraction of sp³-hybridized carbons (Fsp3) is 1.00. The maximum absolute atomic E-state index is 10.1. The third-order valence-corrected chi connectivity index (χ3v) is 2.66. The predicted octanol–water partition coefficient (Wildman–Crippen LogP) is 1.58.